The van der Waals surface area contributed by atoms with Gasteiger partial charge in [-0.3, -0.25) is 4.79 Å². The summed E-state index contributed by atoms with van der Waals surface area (Å²) in [5.74, 6) is 1.12. The molecule has 0 unspecified atom stereocenters. The van der Waals surface area contributed by atoms with Crippen molar-refractivity contribution < 1.29 is 22.7 Å². The molecule has 1 atom stereocenters. The lowest BCUT2D eigenvalue weighted by molar-refractivity contribution is -0.274. The molecule has 1 amide bonds. The number of hydrogen-bond acceptors (Lipinski definition) is 6. The molecule has 1 fully saturated rings. The van der Waals surface area contributed by atoms with E-state index in [4.69, 9.17) is 0 Å². The lowest BCUT2D eigenvalue weighted by Gasteiger charge is -2.37. The lowest BCUT2D eigenvalue weighted by atomic mass is 9.76. The highest BCUT2D eigenvalue weighted by Crippen LogP contribution is 2.40. The third-order valence-corrected chi connectivity index (χ3v) is 5.67. The zero-order chi connectivity index (χ0) is 21.6. The maximum absolute atomic E-state index is 12.3. The summed E-state index contributed by atoms with van der Waals surface area (Å²) < 4.78 is 40.7. The number of alkyl halides is 3. The zero-order valence-corrected chi connectivity index (χ0v) is 16.7. The van der Waals surface area contributed by atoms with Gasteiger partial charge in [0.1, 0.15) is 17.5 Å². The average Bonchev–Trinajstić information content (AvgIpc) is 2.63. The van der Waals surface area contributed by atoms with Crippen LogP contribution in [0.2, 0.25) is 0 Å². The Balaban J connectivity index is 1.39. The van der Waals surface area contributed by atoms with Crippen LogP contribution in [0.15, 0.2) is 24.3 Å². The summed E-state index contributed by atoms with van der Waals surface area (Å²) in [7, 11) is 1.82. The van der Waals surface area contributed by atoms with Gasteiger partial charge in [-0.15, -0.1) is 13.2 Å². The first-order valence-electron chi connectivity index (χ1n) is 9.65. The largest absolute Gasteiger partial charge is 0.573 e. The Hall–Kier alpha value is -3.04. The van der Waals surface area contributed by atoms with Crippen LogP contribution in [-0.2, 0) is 4.79 Å². The highest BCUT2D eigenvalue weighted by Gasteiger charge is 2.34. The number of carbonyl (C=O) groups is 1. The molecule has 1 aliphatic carbocycles. The number of benzene rings is 1. The minimum absolute atomic E-state index is 0.0918. The Bertz CT molecular complexity index is 958. The van der Waals surface area contributed by atoms with Crippen molar-refractivity contribution in [3.05, 3.63) is 35.5 Å². The zero-order valence-electron chi connectivity index (χ0n) is 16.7. The van der Waals surface area contributed by atoms with Crippen molar-refractivity contribution in [1.82, 2.24) is 9.97 Å². The van der Waals surface area contributed by atoms with Gasteiger partial charge in [0, 0.05) is 13.1 Å². The van der Waals surface area contributed by atoms with Crippen LogP contribution >= 0.6 is 0 Å². The van der Waals surface area contributed by atoms with Crippen LogP contribution in [0, 0.1) is 6.92 Å². The molecule has 2 heterocycles. The minimum atomic E-state index is -4.69. The van der Waals surface area contributed by atoms with Crippen molar-refractivity contribution in [2.45, 2.75) is 51.1 Å². The van der Waals surface area contributed by atoms with Crippen molar-refractivity contribution >= 4 is 23.4 Å². The van der Waals surface area contributed by atoms with Crippen molar-refractivity contribution in [3.63, 3.8) is 0 Å². The molecular weight excluding hydrogens is 399 g/mol. The maximum atomic E-state index is 12.3. The number of rotatable bonds is 4. The number of hydrogen-bond donors (Lipinski definition) is 2. The Labute approximate surface area is 171 Å². The summed E-state index contributed by atoms with van der Waals surface area (Å²) in [6, 6.07) is 5.85. The van der Waals surface area contributed by atoms with E-state index in [2.05, 4.69) is 25.3 Å². The number of carbonyl (C=O) groups excluding carboxylic acids is 1. The molecule has 2 N–H and O–H groups in total. The highest BCUT2D eigenvalue weighted by molar-refractivity contribution is 6.03. The fraction of sp³-hybridized carbons (Fsp3) is 0.450. The quantitative estimate of drug-likeness (QED) is 0.782. The van der Waals surface area contributed by atoms with E-state index in [1.807, 2.05) is 25.8 Å². The second-order valence-electron chi connectivity index (χ2n) is 7.73. The van der Waals surface area contributed by atoms with E-state index >= 15 is 0 Å². The van der Waals surface area contributed by atoms with Gasteiger partial charge < -0.3 is 20.3 Å². The molecule has 2 aromatic rings. The van der Waals surface area contributed by atoms with Crippen LogP contribution in [0.1, 0.15) is 36.9 Å². The molecule has 1 aliphatic heterocycles. The summed E-state index contributed by atoms with van der Waals surface area (Å²) in [6.07, 6.45) is -3.04. The summed E-state index contributed by atoms with van der Waals surface area (Å²) >= 11 is 0. The van der Waals surface area contributed by atoms with Gasteiger partial charge >= 0.3 is 6.36 Å². The van der Waals surface area contributed by atoms with Gasteiger partial charge in [-0.05, 0) is 50.3 Å². The molecule has 1 aromatic heterocycles. The van der Waals surface area contributed by atoms with Crippen LogP contribution < -0.4 is 20.3 Å². The standard InChI is InChI=1S/C20H22F3N5O2/c1-10-16-17(28(3)11(2)18(29)26-16)27-19(24-10)25-14-8-13(9-14)12-4-6-15(7-5-12)30-20(21,22)23/h4-7,11,13-14H,8-9H2,1-3H3,(H,26,29)(H,24,25,27)/t11-,13?,14?/m0/s1. The molecule has 0 saturated heterocycles. The van der Waals surface area contributed by atoms with Crippen molar-refractivity contribution in [3.8, 4) is 5.75 Å². The number of aryl methyl sites for hydroxylation is 1. The molecule has 7 nitrogen and oxygen atoms in total. The monoisotopic (exact) mass is 421 g/mol. The lowest BCUT2D eigenvalue weighted by Crippen LogP contribution is -2.45. The number of ether oxygens (including phenoxy) is 1. The van der Waals surface area contributed by atoms with E-state index in [1.54, 1.807) is 12.1 Å². The van der Waals surface area contributed by atoms with E-state index < -0.39 is 6.36 Å². The normalized spacial score (nSPS) is 23.3. The minimum Gasteiger partial charge on any atom is -0.406 e. The number of nitrogens with one attached hydrogen (secondary N) is 2. The predicted molar refractivity (Wildman–Crippen MR) is 106 cm³/mol. The number of aromatic nitrogens is 2. The predicted octanol–water partition coefficient (Wildman–Crippen LogP) is 3.82. The highest BCUT2D eigenvalue weighted by atomic mass is 19.4. The third kappa shape index (κ3) is 3.99. The molecule has 0 radical (unpaired) electrons. The van der Waals surface area contributed by atoms with Gasteiger partial charge in [0.05, 0.1) is 5.69 Å². The molecule has 30 heavy (non-hydrogen) atoms. The van der Waals surface area contributed by atoms with Crippen molar-refractivity contribution in [2.24, 2.45) is 0 Å². The molecule has 0 spiro atoms. The fourth-order valence-corrected chi connectivity index (χ4v) is 3.74. The van der Waals surface area contributed by atoms with E-state index in [9.17, 15) is 18.0 Å². The smallest absolute Gasteiger partial charge is 0.406 e. The van der Waals surface area contributed by atoms with Gasteiger partial charge in [-0.2, -0.15) is 4.98 Å². The van der Waals surface area contributed by atoms with E-state index in [1.165, 1.54) is 12.1 Å². The summed E-state index contributed by atoms with van der Waals surface area (Å²) in [4.78, 5) is 22.9. The fourth-order valence-electron chi connectivity index (χ4n) is 3.74. The van der Waals surface area contributed by atoms with Crippen LogP contribution in [0.3, 0.4) is 0 Å². The van der Waals surface area contributed by atoms with E-state index in [0.717, 1.165) is 18.4 Å². The maximum Gasteiger partial charge on any atom is 0.573 e. The number of fused-ring (bicyclic) bond motifs is 1. The number of nitrogens with zero attached hydrogens (tertiary/aromatic N) is 3. The first-order valence-corrected chi connectivity index (χ1v) is 9.65. The summed E-state index contributed by atoms with van der Waals surface area (Å²) in [6.45, 7) is 3.63. The molecule has 1 aromatic carbocycles. The Kier molecular flexibility index (Phi) is 4.95. The van der Waals surface area contributed by atoms with Gasteiger partial charge in [-0.25, -0.2) is 4.98 Å². The van der Waals surface area contributed by atoms with Crippen LogP contribution in [0.5, 0.6) is 5.75 Å². The number of halogens is 3. The Morgan fingerprint density at radius 2 is 1.87 bits per heavy atom. The van der Waals surface area contributed by atoms with Gasteiger partial charge in [-0.1, -0.05) is 12.1 Å². The topological polar surface area (TPSA) is 79.4 Å². The number of anilines is 3. The second-order valence-corrected chi connectivity index (χ2v) is 7.73. The Morgan fingerprint density at radius 3 is 2.50 bits per heavy atom. The molecule has 1 saturated carbocycles. The number of amides is 1. The Morgan fingerprint density at radius 1 is 1.20 bits per heavy atom. The SMILES string of the molecule is Cc1nc(NC2CC(c3ccc(OC(F)(F)F)cc3)C2)nc2c1NC(=O)[C@H](C)N2C. The van der Waals surface area contributed by atoms with Crippen molar-refractivity contribution in [2.75, 3.05) is 22.6 Å². The van der Waals surface area contributed by atoms with Crippen LogP contribution in [0.25, 0.3) is 0 Å². The first kappa shape index (κ1) is 20.2. The van der Waals surface area contributed by atoms with Gasteiger partial charge in [0.15, 0.2) is 5.82 Å². The average molecular weight is 421 g/mol. The molecule has 4 rings (SSSR count). The number of likely N-dealkylation sites (N-methyl/N-ethyl adjacent to an activating group) is 1. The molecule has 2 aliphatic rings. The molecular formula is C20H22F3N5O2. The third-order valence-electron chi connectivity index (χ3n) is 5.67. The molecule has 10 heteroatoms. The van der Waals surface area contributed by atoms with Gasteiger partial charge in [0.2, 0.25) is 11.9 Å². The summed E-state index contributed by atoms with van der Waals surface area (Å²) in [5.41, 5.74) is 2.28. The molecule has 160 valence electrons. The second kappa shape index (κ2) is 7.33. The first-order chi connectivity index (χ1) is 14.1. The van der Waals surface area contributed by atoms with Crippen molar-refractivity contribution in [1.29, 1.82) is 0 Å². The van der Waals surface area contributed by atoms with Gasteiger partial charge in [0.25, 0.3) is 0 Å². The van der Waals surface area contributed by atoms with E-state index in [-0.39, 0.29) is 29.7 Å². The van der Waals surface area contributed by atoms with E-state index in [0.29, 0.717) is 23.1 Å². The summed E-state index contributed by atoms with van der Waals surface area (Å²) in [5, 5.41) is 6.17. The molecule has 0 bridgehead atoms. The van der Waals surface area contributed by atoms with Crippen LogP contribution in [0.4, 0.5) is 30.6 Å². The van der Waals surface area contributed by atoms with Crippen LogP contribution in [-0.4, -0.2) is 41.4 Å².